The molecule has 2 aromatic heterocycles. The number of nitrogens with zero attached hydrogens (tertiary/aromatic N) is 4. The summed E-state index contributed by atoms with van der Waals surface area (Å²) in [5.41, 5.74) is 3.07. The summed E-state index contributed by atoms with van der Waals surface area (Å²) in [5, 5.41) is 10.6. The van der Waals surface area contributed by atoms with E-state index in [1.807, 2.05) is 64.5 Å². The number of aromatic nitrogens is 3. The second-order valence-corrected chi connectivity index (χ2v) is 7.04. The lowest BCUT2D eigenvalue weighted by Gasteiger charge is -2.15. The molecule has 1 unspecified atom stereocenters. The fraction of sp³-hybridized carbons (Fsp3) is 0.278. The molecule has 1 fully saturated rings. The number of rotatable bonds is 3. The summed E-state index contributed by atoms with van der Waals surface area (Å²) in [4.78, 5) is 15.3. The van der Waals surface area contributed by atoms with Crippen LogP contribution in [0.4, 0.5) is 0 Å². The molecule has 0 N–H and O–H groups in total. The van der Waals surface area contributed by atoms with Crippen molar-refractivity contribution < 1.29 is 4.79 Å². The van der Waals surface area contributed by atoms with Crippen molar-refractivity contribution in [2.24, 2.45) is 0 Å². The Hall–Kier alpha value is -2.47. The Labute approximate surface area is 144 Å². The molecule has 1 amide bonds. The van der Waals surface area contributed by atoms with Gasteiger partial charge in [-0.3, -0.25) is 4.79 Å². The minimum Gasteiger partial charge on any atom is -0.336 e. The summed E-state index contributed by atoms with van der Waals surface area (Å²) >= 11 is 1.52. The third-order valence-electron chi connectivity index (χ3n) is 4.35. The van der Waals surface area contributed by atoms with Gasteiger partial charge in [-0.25, -0.2) is 4.68 Å². The summed E-state index contributed by atoms with van der Waals surface area (Å²) in [6.45, 7) is 3.47. The normalized spacial score (nSPS) is 17.4. The van der Waals surface area contributed by atoms with Gasteiger partial charge in [-0.05, 0) is 30.4 Å². The lowest BCUT2D eigenvalue weighted by atomic mass is 10.2. The first-order valence-electron chi connectivity index (χ1n) is 8.02. The molecule has 3 aromatic rings. The summed E-state index contributed by atoms with van der Waals surface area (Å²) in [7, 11) is 0. The van der Waals surface area contributed by atoms with Gasteiger partial charge in [0.15, 0.2) is 0 Å². The monoisotopic (exact) mass is 338 g/mol. The molecule has 122 valence electrons. The lowest BCUT2D eigenvalue weighted by Crippen LogP contribution is -2.28. The van der Waals surface area contributed by atoms with E-state index in [-0.39, 0.29) is 11.9 Å². The van der Waals surface area contributed by atoms with E-state index in [0.717, 1.165) is 34.7 Å². The van der Waals surface area contributed by atoms with Crippen LogP contribution >= 0.6 is 11.3 Å². The van der Waals surface area contributed by atoms with Crippen molar-refractivity contribution in [1.82, 2.24) is 19.9 Å². The highest BCUT2D eigenvalue weighted by Crippen LogP contribution is 2.26. The molecule has 4 rings (SSSR count). The van der Waals surface area contributed by atoms with E-state index in [0.29, 0.717) is 6.54 Å². The molecule has 24 heavy (non-hydrogen) atoms. The van der Waals surface area contributed by atoms with Crippen molar-refractivity contribution in [3.63, 3.8) is 0 Å². The Bertz CT molecular complexity index is 855. The van der Waals surface area contributed by atoms with Gasteiger partial charge in [-0.15, -0.1) is 16.4 Å². The van der Waals surface area contributed by atoms with E-state index in [1.54, 1.807) is 0 Å². The maximum atomic E-state index is 12.6. The fourth-order valence-electron chi connectivity index (χ4n) is 3.04. The number of likely N-dealkylation sites (tertiary alicyclic amines) is 1. The minimum atomic E-state index is 0.124. The van der Waals surface area contributed by atoms with E-state index in [1.165, 1.54) is 11.3 Å². The van der Waals surface area contributed by atoms with Gasteiger partial charge in [0.25, 0.3) is 5.91 Å². The van der Waals surface area contributed by atoms with Crippen LogP contribution in [0.3, 0.4) is 0 Å². The van der Waals surface area contributed by atoms with E-state index in [9.17, 15) is 4.79 Å². The van der Waals surface area contributed by atoms with Gasteiger partial charge >= 0.3 is 0 Å². The van der Waals surface area contributed by atoms with Crippen LogP contribution < -0.4 is 0 Å². The van der Waals surface area contributed by atoms with Crippen molar-refractivity contribution in [2.45, 2.75) is 19.4 Å². The molecular weight excluding hydrogens is 320 g/mol. The number of amides is 1. The number of aryl methyl sites for hydroxylation is 1. The fourth-order valence-corrected chi connectivity index (χ4v) is 3.90. The predicted molar refractivity (Wildman–Crippen MR) is 94.1 cm³/mol. The average Bonchev–Trinajstić information content (AvgIpc) is 3.35. The zero-order valence-electron chi connectivity index (χ0n) is 13.4. The summed E-state index contributed by atoms with van der Waals surface area (Å²) in [5.74, 6) is 0.124. The number of carbonyl (C=O) groups excluding carboxylic acids is 1. The molecule has 6 heteroatoms. The van der Waals surface area contributed by atoms with Crippen LogP contribution in [0.5, 0.6) is 0 Å². The third kappa shape index (κ3) is 2.85. The molecule has 0 bridgehead atoms. The Morgan fingerprint density at radius 2 is 2.12 bits per heavy atom. The van der Waals surface area contributed by atoms with Crippen molar-refractivity contribution in [1.29, 1.82) is 0 Å². The first-order chi connectivity index (χ1) is 11.7. The topological polar surface area (TPSA) is 51.0 Å². The largest absolute Gasteiger partial charge is 0.336 e. The van der Waals surface area contributed by atoms with Crippen LogP contribution in [0.2, 0.25) is 0 Å². The molecule has 1 saturated heterocycles. The van der Waals surface area contributed by atoms with Crippen LogP contribution in [0, 0.1) is 6.92 Å². The number of thiophene rings is 1. The molecule has 1 aliphatic rings. The van der Waals surface area contributed by atoms with Gasteiger partial charge < -0.3 is 4.90 Å². The van der Waals surface area contributed by atoms with Gasteiger partial charge in [0, 0.05) is 18.7 Å². The van der Waals surface area contributed by atoms with Crippen molar-refractivity contribution in [3.8, 4) is 11.3 Å². The average molecular weight is 338 g/mol. The van der Waals surface area contributed by atoms with Crippen LogP contribution in [0.15, 0.2) is 48.0 Å². The number of benzene rings is 1. The molecule has 1 atom stereocenters. The van der Waals surface area contributed by atoms with E-state index in [4.69, 9.17) is 0 Å². The molecule has 0 radical (unpaired) electrons. The Morgan fingerprint density at radius 1 is 1.29 bits per heavy atom. The Balaban J connectivity index is 1.47. The molecule has 5 nitrogen and oxygen atoms in total. The van der Waals surface area contributed by atoms with Crippen LogP contribution in [-0.4, -0.2) is 38.9 Å². The van der Waals surface area contributed by atoms with Crippen LogP contribution in [0.1, 0.15) is 27.7 Å². The minimum absolute atomic E-state index is 0.124. The predicted octanol–water partition coefficient (Wildman–Crippen LogP) is 3.40. The summed E-state index contributed by atoms with van der Waals surface area (Å²) < 4.78 is 1.90. The second-order valence-electron chi connectivity index (χ2n) is 6.13. The highest BCUT2D eigenvalue weighted by atomic mass is 32.1. The van der Waals surface area contributed by atoms with Gasteiger partial charge in [-0.1, -0.05) is 35.5 Å². The van der Waals surface area contributed by atoms with E-state index < -0.39 is 0 Å². The van der Waals surface area contributed by atoms with Crippen LogP contribution in [-0.2, 0) is 0 Å². The molecule has 3 heterocycles. The Kier molecular flexibility index (Phi) is 3.90. The highest BCUT2D eigenvalue weighted by Gasteiger charge is 2.29. The number of hydrogen-bond acceptors (Lipinski definition) is 4. The molecule has 1 aromatic carbocycles. The van der Waals surface area contributed by atoms with Crippen LogP contribution in [0.25, 0.3) is 11.3 Å². The molecule has 1 aliphatic heterocycles. The van der Waals surface area contributed by atoms with Gasteiger partial charge in [-0.2, -0.15) is 0 Å². The second kappa shape index (κ2) is 6.20. The van der Waals surface area contributed by atoms with E-state index in [2.05, 4.69) is 10.3 Å². The molecular formula is C18H18N4OS. The smallest absolute Gasteiger partial charge is 0.264 e. The van der Waals surface area contributed by atoms with Gasteiger partial charge in [0.1, 0.15) is 5.69 Å². The highest BCUT2D eigenvalue weighted by molar-refractivity contribution is 7.12. The zero-order chi connectivity index (χ0) is 16.5. The number of carbonyl (C=O) groups is 1. The number of hydrogen-bond donors (Lipinski definition) is 0. The molecule has 0 spiro atoms. The standard InChI is InChI=1S/C18H18N4OS/c1-13-9-17(24-12-13)18(23)21-8-7-15(10-21)22-11-16(19-20-22)14-5-3-2-4-6-14/h2-6,9,11-12,15H,7-8,10H2,1H3. The summed E-state index contributed by atoms with van der Waals surface area (Å²) in [6.07, 6.45) is 2.89. The first-order valence-corrected chi connectivity index (χ1v) is 8.90. The quantitative estimate of drug-likeness (QED) is 0.735. The first kappa shape index (κ1) is 15.1. The zero-order valence-corrected chi connectivity index (χ0v) is 14.2. The van der Waals surface area contributed by atoms with Crippen molar-refractivity contribution >= 4 is 17.2 Å². The third-order valence-corrected chi connectivity index (χ3v) is 5.38. The lowest BCUT2D eigenvalue weighted by molar-refractivity contribution is 0.0791. The Morgan fingerprint density at radius 3 is 2.88 bits per heavy atom. The van der Waals surface area contributed by atoms with Crippen molar-refractivity contribution in [2.75, 3.05) is 13.1 Å². The van der Waals surface area contributed by atoms with Gasteiger partial charge in [0.05, 0.1) is 17.1 Å². The molecule has 0 saturated carbocycles. The van der Waals surface area contributed by atoms with Gasteiger partial charge in [0.2, 0.25) is 0 Å². The van der Waals surface area contributed by atoms with E-state index >= 15 is 0 Å². The maximum absolute atomic E-state index is 12.6. The SMILES string of the molecule is Cc1csc(C(=O)N2CCC(n3cc(-c4ccccc4)nn3)C2)c1. The summed E-state index contributed by atoms with van der Waals surface area (Å²) in [6, 6.07) is 12.2. The molecule has 0 aliphatic carbocycles. The van der Waals surface area contributed by atoms with Crippen molar-refractivity contribution in [3.05, 3.63) is 58.4 Å². The maximum Gasteiger partial charge on any atom is 0.264 e.